The predicted molar refractivity (Wildman–Crippen MR) is 54.5 cm³/mol. The van der Waals surface area contributed by atoms with Gasteiger partial charge in [-0.3, -0.25) is 15.3 Å². The second-order valence-electron chi connectivity index (χ2n) is 3.31. The highest BCUT2D eigenvalue weighted by Gasteiger charge is 2.59. The molecule has 2 rings (SSSR count). The van der Waals surface area contributed by atoms with E-state index >= 15 is 0 Å². The average molecular weight is 242 g/mol. The summed E-state index contributed by atoms with van der Waals surface area (Å²) in [7, 11) is 1.15. The molecule has 1 saturated heterocycles. The zero-order valence-corrected chi connectivity index (χ0v) is 8.99. The van der Waals surface area contributed by atoms with Gasteiger partial charge in [-0.25, -0.2) is 0 Å². The van der Waals surface area contributed by atoms with E-state index in [1.54, 1.807) is 0 Å². The van der Waals surface area contributed by atoms with Gasteiger partial charge in [0.05, 0.1) is 18.1 Å². The van der Waals surface area contributed by atoms with Gasteiger partial charge < -0.3 is 14.3 Å². The molecule has 0 saturated carbocycles. The highest BCUT2D eigenvalue weighted by molar-refractivity contribution is 6.00. The Morgan fingerprint density at radius 3 is 2.59 bits per heavy atom. The highest BCUT2D eigenvalue weighted by atomic mass is 16.9. The summed E-state index contributed by atoms with van der Waals surface area (Å²) in [5.74, 6) is -1.77. The van der Waals surface area contributed by atoms with Crippen molar-refractivity contribution in [3.63, 3.8) is 0 Å². The van der Waals surface area contributed by atoms with E-state index in [1.165, 1.54) is 18.2 Å². The maximum Gasteiger partial charge on any atom is 0.356 e. The van der Waals surface area contributed by atoms with Crippen molar-refractivity contribution < 1.29 is 24.1 Å². The second-order valence-corrected chi connectivity index (χ2v) is 3.31. The third kappa shape index (κ3) is 1.67. The summed E-state index contributed by atoms with van der Waals surface area (Å²) in [6, 6.07) is 0. The van der Waals surface area contributed by atoms with Crippen molar-refractivity contribution >= 4 is 5.71 Å². The molecule has 0 amide bonds. The lowest BCUT2D eigenvalue weighted by atomic mass is 10.0. The Labute approximate surface area is 96.1 Å². The molecule has 1 heterocycles. The molecule has 1 spiro atoms. The van der Waals surface area contributed by atoms with Crippen molar-refractivity contribution in [3.05, 3.63) is 39.2 Å². The Morgan fingerprint density at radius 1 is 1.41 bits per heavy atom. The van der Waals surface area contributed by atoms with Gasteiger partial charge in [-0.15, -0.1) is 0 Å². The van der Waals surface area contributed by atoms with Crippen molar-refractivity contribution in [2.75, 3.05) is 20.3 Å². The molecule has 1 fully saturated rings. The van der Waals surface area contributed by atoms with Gasteiger partial charge in [0, 0.05) is 24.2 Å². The molecule has 0 atom stereocenters. The van der Waals surface area contributed by atoms with Crippen molar-refractivity contribution in [2.24, 2.45) is 0 Å². The van der Waals surface area contributed by atoms with Crippen LogP contribution in [0, 0.1) is 15.3 Å². The fraction of sp³-hybridized carbons (Fsp3) is 0.444. The van der Waals surface area contributed by atoms with E-state index in [2.05, 4.69) is 4.84 Å². The SMILES string of the molecule is CO/[N+]([O-])=C1\C=CC=C([N+](=O)[O-])C12OCCO2. The van der Waals surface area contributed by atoms with E-state index in [1.807, 2.05) is 0 Å². The first kappa shape index (κ1) is 11.6. The molecule has 0 N–H and O–H groups in total. The standard InChI is InChI=1S/C9H10N2O6/c1-15-11(14)8-4-2-3-7(10(12)13)9(8)16-5-6-17-9/h2-4H,5-6H2,1H3/b11-8+. The maximum atomic E-state index is 11.5. The number of ether oxygens (including phenoxy) is 2. The molecule has 0 aromatic rings. The summed E-state index contributed by atoms with van der Waals surface area (Å²) in [6.07, 6.45) is 3.96. The fourth-order valence-electron chi connectivity index (χ4n) is 1.75. The number of nitrogens with zero attached hydrogens (tertiary/aromatic N) is 2. The lowest BCUT2D eigenvalue weighted by molar-refractivity contribution is -0.736. The molecule has 0 bridgehead atoms. The molecule has 8 nitrogen and oxygen atoms in total. The third-order valence-electron chi connectivity index (χ3n) is 2.44. The van der Waals surface area contributed by atoms with E-state index in [9.17, 15) is 15.3 Å². The fourth-order valence-corrected chi connectivity index (χ4v) is 1.75. The van der Waals surface area contributed by atoms with Crippen molar-refractivity contribution in [2.45, 2.75) is 5.79 Å². The van der Waals surface area contributed by atoms with Gasteiger partial charge in [0.15, 0.2) is 0 Å². The minimum Gasteiger partial charge on any atom is -0.406 e. The van der Waals surface area contributed by atoms with E-state index in [-0.39, 0.29) is 29.5 Å². The van der Waals surface area contributed by atoms with Crippen LogP contribution in [0.15, 0.2) is 23.9 Å². The molecule has 2 aliphatic rings. The molecular formula is C9H10N2O6. The zero-order chi connectivity index (χ0) is 12.5. The maximum absolute atomic E-state index is 11.5. The topological polar surface area (TPSA) is 96.9 Å². The monoisotopic (exact) mass is 242 g/mol. The van der Waals surface area contributed by atoms with Crippen LogP contribution >= 0.6 is 0 Å². The van der Waals surface area contributed by atoms with Crippen molar-refractivity contribution in [1.29, 1.82) is 0 Å². The Bertz CT molecular complexity index is 433. The number of allylic oxidation sites excluding steroid dienone is 2. The number of rotatable bonds is 2. The summed E-state index contributed by atoms with van der Waals surface area (Å²) in [4.78, 5) is 14.9. The van der Waals surface area contributed by atoms with Crippen LogP contribution in [0.3, 0.4) is 0 Å². The Hall–Kier alpha value is -1.93. The second kappa shape index (κ2) is 4.15. The minimum atomic E-state index is -1.77. The van der Waals surface area contributed by atoms with Crippen LogP contribution < -0.4 is 0 Å². The van der Waals surface area contributed by atoms with Crippen LogP contribution in [-0.4, -0.2) is 41.6 Å². The third-order valence-corrected chi connectivity index (χ3v) is 2.44. The molecular weight excluding hydrogens is 232 g/mol. The normalized spacial score (nSPS) is 24.6. The highest BCUT2D eigenvalue weighted by Crippen LogP contribution is 2.33. The summed E-state index contributed by atoms with van der Waals surface area (Å²) in [5.41, 5.74) is -0.447. The Balaban J connectivity index is 2.54. The summed E-state index contributed by atoms with van der Waals surface area (Å²) >= 11 is 0. The molecule has 0 radical (unpaired) electrons. The van der Waals surface area contributed by atoms with Crippen molar-refractivity contribution in [3.8, 4) is 0 Å². The number of hydrogen-bond donors (Lipinski definition) is 0. The van der Waals surface area contributed by atoms with Gasteiger partial charge in [-0.1, -0.05) is 0 Å². The molecule has 0 unspecified atom stereocenters. The predicted octanol–water partition coefficient (Wildman–Crippen LogP) is -0.0274. The Kier molecular flexibility index (Phi) is 2.82. The molecule has 8 heteroatoms. The first-order valence-corrected chi connectivity index (χ1v) is 4.82. The largest absolute Gasteiger partial charge is 0.406 e. The van der Waals surface area contributed by atoms with E-state index < -0.39 is 10.7 Å². The van der Waals surface area contributed by atoms with Crippen molar-refractivity contribution in [1.82, 2.24) is 0 Å². The molecule has 17 heavy (non-hydrogen) atoms. The van der Waals surface area contributed by atoms with Crippen LogP contribution in [-0.2, 0) is 14.3 Å². The van der Waals surface area contributed by atoms with Crippen LogP contribution in [0.4, 0.5) is 0 Å². The smallest absolute Gasteiger partial charge is 0.356 e. The molecule has 1 aliphatic heterocycles. The molecule has 92 valence electrons. The number of nitro groups is 1. The zero-order valence-electron chi connectivity index (χ0n) is 8.99. The van der Waals surface area contributed by atoms with Gasteiger partial charge in [0.2, 0.25) is 0 Å². The summed E-state index contributed by atoms with van der Waals surface area (Å²) in [6.45, 7) is 0.333. The molecule has 0 aromatic carbocycles. The van der Waals surface area contributed by atoms with Crippen LogP contribution in [0.2, 0.25) is 0 Å². The summed E-state index contributed by atoms with van der Waals surface area (Å²) in [5, 5.41) is 22.4. The molecule has 0 aromatic heterocycles. The molecule has 1 aliphatic carbocycles. The van der Waals surface area contributed by atoms with E-state index in [0.717, 1.165) is 7.11 Å². The number of hydrogen-bond acceptors (Lipinski definition) is 6. The van der Waals surface area contributed by atoms with Gasteiger partial charge in [0.1, 0.15) is 0 Å². The average Bonchev–Trinajstić information content (AvgIpc) is 2.77. The quantitative estimate of drug-likeness (QED) is 0.383. The van der Waals surface area contributed by atoms with Crippen LogP contribution in [0.25, 0.3) is 0 Å². The lowest BCUT2D eigenvalue weighted by Gasteiger charge is -2.22. The lowest BCUT2D eigenvalue weighted by Crippen LogP contribution is -2.48. The summed E-state index contributed by atoms with van der Waals surface area (Å²) < 4.78 is 10.5. The van der Waals surface area contributed by atoms with E-state index in [0.29, 0.717) is 0 Å². The van der Waals surface area contributed by atoms with Crippen LogP contribution in [0.1, 0.15) is 0 Å². The Morgan fingerprint density at radius 2 is 2.06 bits per heavy atom. The van der Waals surface area contributed by atoms with Gasteiger partial charge in [-0.2, -0.15) is 0 Å². The van der Waals surface area contributed by atoms with Gasteiger partial charge in [-0.05, 0) is 6.08 Å². The van der Waals surface area contributed by atoms with Gasteiger partial charge >= 0.3 is 17.2 Å². The van der Waals surface area contributed by atoms with Crippen LogP contribution in [0.5, 0.6) is 0 Å². The van der Waals surface area contributed by atoms with Gasteiger partial charge in [0.25, 0.3) is 0 Å². The minimum absolute atomic E-state index is 0.105. The first-order valence-electron chi connectivity index (χ1n) is 4.82. The first-order chi connectivity index (χ1) is 8.12. The van der Waals surface area contributed by atoms with E-state index in [4.69, 9.17) is 9.47 Å².